The minimum absolute atomic E-state index is 0.172. The number of anilines is 1. The van der Waals surface area contributed by atoms with Gasteiger partial charge >= 0.3 is 11.9 Å². The van der Waals surface area contributed by atoms with Crippen LogP contribution in [0.15, 0.2) is 83.0 Å². The van der Waals surface area contributed by atoms with Crippen molar-refractivity contribution in [3.05, 3.63) is 99.1 Å². The Labute approximate surface area is 211 Å². The molecule has 0 aliphatic rings. The molecule has 0 saturated heterocycles. The molecule has 3 aromatic rings. The number of azo groups is 1. The highest BCUT2D eigenvalue weighted by Crippen LogP contribution is 2.26. The van der Waals surface area contributed by atoms with Crippen molar-refractivity contribution in [2.75, 3.05) is 25.1 Å². The van der Waals surface area contributed by atoms with Crippen LogP contribution in [-0.2, 0) is 9.53 Å². The van der Waals surface area contributed by atoms with E-state index in [2.05, 4.69) is 10.2 Å². The molecule has 0 aliphatic heterocycles. The van der Waals surface area contributed by atoms with Gasteiger partial charge in [0.2, 0.25) is 0 Å². The Balaban J connectivity index is 1.52. The third-order valence-electron chi connectivity index (χ3n) is 4.93. The smallest absolute Gasteiger partial charge is 0.342 e. The number of nitro groups is 1. The molecule has 184 valence electrons. The number of carbonyl (C=O) groups excluding carboxylic acids is 1. The first-order valence-corrected chi connectivity index (χ1v) is 11.0. The molecule has 0 amide bonds. The van der Waals surface area contributed by atoms with Crippen molar-refractivity contribution in [3.63, 3.8) is 0 Å². The number of carboxylic acid groups (broad SMARTS) is 1. The summed E-state index contributed by atoms with van der Waals surface area (Å²) in [5, 5.41) is 28.7. The minimum atomic E-state index is -1.42. The molecule has 3 rings (SSSR count). The lowest BCUT2D eigenvalue weighted by Gasteiger charge is -2.18. The third kappa shape index (κ3) is 7.47. The first-order valence-electron chi connectivity index (χ1n) is 10.6. The topological polar surface area (TPSA) is 135 Å². The van der Waals surface area contributed by atoms with Gasteiger partial charge in [0.15, 0.2) is 0 Å². The van der Waals surface area contributed by atoms with Gasteiger partial charge in [0.05, 0.1) is 22.8 Å². The molecule has 0 aromatic heterocycles. The van der Waals surface area contributed by atoms with E-state index in [-0.39, 0.29) is 12.3 Å². The van der Waals surface area contributed by atoms with Gasteiger partial charge in [-0.1, -0.05) is 23.7 Å². The number of esters is 1. The van der Waals surface area contributed by atoms with Crippen molar-refractivity contribution in [1.29, 1.82) is 0 Å². The zero-order chi connectivity index (χ0) is 26.1. The summed E-state index contributed by atoms with van der Waals surface area (Å²) in [6.45, 7) is 0.649. The summed E-state index contributed by atoms with van der Waals surface area (Å²) in [4.78, 5) is 35.2. The Morgan fingerprint density at radius 2 is 1.69 bits per heavy atom. The molecule has 0 heterocycles. The van der Waals surface area contributed by atoms with Gasteiger partial charge in [-0.05, 0) is 60.2 Å². The first-order chi connectivity index (χ1) is 17.2. The molecule has 0 saturated carbocycles. The number of carboxylic acids is 1. The maximum absolute atomic E-state index is 11.9. The predicted molar refractivity (Wildman–Crippen MR) is 135 cm³/mol. The Morgan fingerprint density at radius 3 is 2.33 bits per heavy atom. The predicted octanol–water partition coefficient (Wildman–Crippen LogP) is 6.05. The van der Waals surface area contributed by atoms with Crippen molar-refractivity contribution in [2.45, 2.75) is 0 Å². The highest BCUT2D eigenvalue weighted by atomic mass is 35.5. The number of nitrogens with zero attached hydrogens (tertiary/aromatic N) is 4. The number of nitro benzene ring substituents is 1. The van der Waals surface area contributed by atoms with Crippen LogP contribution >= 0.6 is 11.6 Å². The number of aromatic carboxylic acids is 1. The molecule has 36 heavy (non-hydrogen) atoms. The van der Waals surface area contributed by atoms with Crippen LogP contribution in [0.1, 0.15) is 15.9 Å². The second-order valence-electron chi connectivity index (χ2n) is 7.45. The quantitative estimate of drug-likeness (QED) is 0.116. The summed E-state index contributed by atoms with van der Waals surface area (Å²) in [6.07, 6.45) is 3.00. The Morgan fingerprint density at radius 1 is 1.06 bits per heavy atom. The number of ether oxygens (including phenoxy) is 1. The highest BCUT2D eigenvalue weighted by molar-refractivity contribution is 6.30. The van der Waals surface area contributed by atoms with Crippen LogP contribution in [-0.4, -0.2) is 42.2 Å². The number of carbonyl (C=O) groups is 2. The van der Waals surface area contributed by atoms with Crippen molar-refractivity contribution >= 4 is 52.4 Å². The van der Waals surface area contributed by atoms with Crippen LogP contribution in [0.3, 0.4) is 0 Å². The van der Waals surface area contributed by atoms with Gasteiger partial charge in [-0.25, -0.2) is 9.59 Å². The van der Waals surface area contributed by atoms with E-state index in [4.69, 9.17) is 21.4 Å². The molecule has 10 nitrogen and oxygen atoms in total. The highest BCUT2D eigenvalue weighted by Gasteiger charge is 2.19. The largest absolute Gasteiger partial charge is 0.477 e. The van der Waals surface area contributed by atoms with Crippen molar-refractivity contribution in [1.82, 2.24) is 0 Å². The second kappa shape index (κ2) is 12.2. The van der Waals surface area contributed by atoms with Crippen molar-refractivity contribution < 1.29 is 24.4 Å². The number of benzene rings is 3. The standard InChI is InChI=1S/C25H21ClN4O6/c1-29(14-15-36-24(31)13-4-17-2-5-18(26)6-3-17)21-10-7-19(8-11-21)27-28-20-9-12-23(30(34)35)22(16-20)25(32)33/h2-13,16H,14-15H2,1H3,(H,32,33). The van der Waals surface area contributed by atoms with Gasteiger partial charge < -0.3 is 14.7 Å². The van der Waals surface area contributed by atoms with Crippen molar-refractivity contribution in [2.24, 2.45) is 10.2 Å². The van der Waals surface area contributed by atoms with Crippen molar-refractivity contribution in [3.8, 4) is 0 Å². The molecular formula is C25H21ClN4O6. The molecule has 3 aromatic carbocycles. The van der Waals surface area contributed by atoms with Crippen LogP contribution < -0.4 is 4.90 Å². The number of halogens is 1. The zero-order valence-electron chi connectivity index (χ0n) is 19.1. The van der Waals surface area contributed by atoms with Gasteiger partial charge in [0.25, 0.3) is 5.69 Å². The monoisotopic (exact) mass is 508 g/mol. The Kier molecular flexibility index (Phi) is 8.84. The zero-order valence-corrected chi connectivity index (χ0v) is 19.8. The van der Waals surface area contributed by atoms with E-state index >= 15 is 0 Å². The maximum Gasteiger partial charge on any atom is 0.342 e. The summed E-state index contributed by atoms with van der Waals surface area (Å²) in [5.74, 6) is -1.87. The Hall–Kier alpha value is -4.57. The second-order valence-corrected chi connectivity index (χ2v) is 7.89. The summed E-state index contributed by atoms with van der Waals surface area (Å²) in [7, 11) is 1.85. The molecular weight excluding hydrogens is 488 g/mol. The van der Waals surface area contributed by atoms with Gasteiger partial charge in [-0.15, -0.1) is 0 Å². The average molecular weight is 509 g/mol. The van der Waals surface area contributed by atoms with Gasteiger partial charge in [0.1, 0.15) is 12.2 Å². The van der Waals surface area contributed by atoms with Crippen LogP contribution in [0.2, 0.25) is 5.02 Å². The number of hydrogen-bond acceptors (Lipinski definition) is 8. The van der Waals surface area contributed by atoms with Crippen LogP contribution in [0.5, 0.6) is 0 Å². The van der Waals surface area contributed by atoms with Crippen LogP contribution in [0.4, 0.5) is 22.7 Å². The molecule has 11 heteroatoms. The van der Waals surface area contributed by atoms with Gasteiger partial charge in [0, 0.05) is 29.9 Å². The van der Waals surface area contributed by atoms with Crippen LogP contribution in [0, 0.1) is 10.1 Å². The molecule has 0 spiro atoms. The molecule has 0 radical (unpaired) electrons. The fourth-order valence-electron chi connectivity index (χ4n) is 3.00. The summed E-state index contributed by atoms with van der Waals surface area (Å²) >= 11 is 5.83. The molecule has 0 fully saturated rings. The van der Waals surface area contributed by atoms with E-state index in [0.29, 0.717) is 17.3 Å². The molecule has 0 unspecified atom stereocenters. The summed E-state index contributed by atoms with van der Waals surface area (Å²) in [6, 6.07) is 17.6. The number of rotatable bonds is 10. The van der Waals surface area contributed by atoms with E-state index < -0.39 is 28.1 Å². The Bertz CT molecular complexity index is 1310. The van der Waals surface area contributed by atoms with E-state index in [9.17, 15) is 19.7 Å². The fourth-order valence-corrected chi connectivity index (χ4v) is 3.13. The number of hydrogen-bond donors (Lipinski definition) is 1. The van der Waals surface area contributed by atoms with Gasteiger partial charge in [-0.3, -0.25) is 10.1 Å². The van der Waals surface area contributed by atoms with Crippen LogP contribution in [0.25, 0.3) is 6.08 Å². The normalized spacial score (nSPS) is 11.1. The summed E-state index contributed by atoms with van der Waals surface area (Å²) in [5.41, 5.74) is 1.38. The number of likely N-dealkylation sites (N-methyl/N-ethyl adjacent to an activating group) is 1. The lowest BCUT2D eigenvalue weighted by atomic mass is 10.1. The minimum Gasteiger partial charge on any atom is -0.477 e. The average Bonchev–Trinajstić information content (AvgIpc) is 2.87. The fraction of sp³-hybridized carbons (Fsp3) is 0.120. The molecule has 0 atom stereocenters. The lowest BCUT2D eigenvalue weighted by molar-refractivity contribution is -0.385. The molecule has 0 aliphatic carbocycles. The van der Waals surface area contributed by atoms with E-state index in [1.54, 1.807) is 54.6 Å². The van der Waals surface area contributed by atoms with E-state index in [0.717, 1.165) is 23.4 Å². The molecule has 1 N–H and O–H groups in total. The first kappa shape index (κ1) is 26.0. The third-order valence-corrected chi connectivity index (χ3v) is 5.18. The van der Waals surface area contributed by atoms with E-state index in [1.165, 1.54) is 12.1 Å². The summed E-state index contributed by atoms with van der Waals surface area (Å²) < 4.78 is 5.23. The van der Waals surface area contributed by atoms with E-state index in [1.807, 2.05) is 11.9 Å². The molecule has 0 bridgehead atoms. The lowest BCUT2D eigenvalue weighted by Crippen LogP contribution is -2.23. The van der Waals surface area contributed by atoms with Gasteiger partial charge in [-0.2, -0.15) is 10.2 Å². The SMILES string of the molecule is CN(CCOC(=O)C=Cc1ccc(Cl)cc1)c1ccc(N=Nc2ccc([N+](=O)[O-])c(C(=O)O)c2)cc1. The maximum atomic E-state index is 11.9.